The van der Waals surface area contributed by atoms with Crippen molar-refractivity contribution in [2.24, 2.45) is 11.8 Å². The molecule has 2 rings (SSSR count). The predicted octanol–water partition coefficient (Wildman–Crippen LogP) is 4.51. The molecule has 3 heteroatoms. The molecular weight excluding hydrogens is 300 g/mol. The third kappa shape index (κ3) is 5.78. The highest BCUT2D eigenvalue weighted by Gasteiger charge is 2.42. The Hall–Kier alpha value is -1.06. The molecule has 0 amide bonds. The van der Waals surface area contributed by atoms with Crippen LogP contribution in [0.3, 0.4) is 0 Å². The molecule has 1 aliphatic heterocycles. The van der Waals surface area contributed by atoms with Crippen LogP contribution in [-0.4, -0.2) is 28.5 Å². The summed E-state index contributed by atoms with van der Waals surface area (Å²) in [4.78, 5) is 0. The van der Waals surface area contributed by atoms with Gasteiger partial charge in [0.25, 0.3) is 0 Å². The fourth-order valence-corrected chi connectivity index (χ4v) is 3.84. The molecule has 0 bridgehead atoms. The maximum atomic E-state index is 10.5. The van der Waals surface area contributed by atoms with E-state index in [4.69, 9.17) is 4.74 Å². The Labute approximate surface area is 147 Å². The van der Waals surface area contributed by atoms with Gasteiger partial charge in [0.1, 0.15) is 6.10 Å². The van der Waals surface area contributed by atoms with E-state index in [1.807, 2.05) is 12.2 Å². The number of allylic oxidation sites excluding steroid dienone is 3. The summed E-state index contributed by atoms with van der Waals surface area (Å²) in [6, 6.07) is 0. The first-order chi connectivity index (χ1) is 11.6. The Balaban J connectivity index is 1.99. The van der Waals surface area contributed by atoms with Gasteiger partial charge in [-0.3, -0.25) is 0 Å². The molecule has 1 aliphatic carbocycles. The second-order valence-electron chi connectivity index (χ2n) is 7.29. The van der Waals surface area contributed by atoms with Crippen LogP contribution in [0.1, 0.15) is 64.7 Å². The van der Waals surface area contributed by atoms with Gasteiger partial charge in [0.2, 0.25) is 0 Å². The Morgan fingerprint density at radius 1 is 1.38 bits per heavy atom. The molecule has 0 spiro atoms. The van der Waals surface area contributed by atoms with Gasteiger partial charge >= 0.3 is 0 Å². The van der Waals surface area contributed by atoms with E-state index in [-0.39, 0.29) is 17.9 Å². The predicted molar refractivity (Wildman–Crippen MR) is 98.5 cm³/mol. The quantitative estimate of drug-likeness (QED) is 0.555. The molecule has 0 aromatic rings. The average Bonchev–Trinajstić information content (AvgIpc) is 2.84. The number of rotatable bonds is 6. The van der Waals surface area contributed by atoms with Crippen LogP contribution in [0.4, 0.5) is 0 Å². The van der Waals surface area contributed by atoms with Crippen molar-refractivity contribution in [3.8, 4) is 0 Å². The average molecular weight is 335 g/mol. The Kier molecular flexibility index (Phi) is 8.07. The van der Waals surface area contributed by atoms with Crippen LogP contribution in [0, 0.1) is 11.8 Å². The summed E-state index contributed by atoms with van der Waals surface area (Å²) >= 11 is 0. The Morgan fingerprint density at radius 3 is 3.00 bits per heavy atom. The number of ether oxygens (including phenoxy) is 1. The fraction of sp³-hybridized carbons (Fsp3) is 0.714. The highest BCUT2D eigenvalue weighted by atomic mass is 16.5. The minimum Gasteiger partial charge on any atom is -0.495 e. The minimum atomic E-state index is -0.409. The molecule has 24 heavy (non-hydrogen) atoms. The lowest BCUT2D eigenvalue weighted by Crippen LogP contribution is -2.22. The maximum Gasteiger partial charge on any atom is 0.104 e. The number of hydrogen-bond donors (Lipinski definition) is 2. The summed E-state index contributed by atoms with van der Waals surface area (Å²) < 4.78 is 6.05. The van der Waals surface area contributed by atoms with Crippen LogP contribution < -0.4 is 0 Å². The van der Waals surface area contributed by atoms with Crippen molar-refractivity contribution >= 4 is 0 Å². The van der Waals surface area contributed by atoms with Crippen molar-refractivity contribution in [3.05, 3.63) is 36.6 Å². The number of unbranched alkanes of at least 4 members (excludes halogenated alkanes) is 2. The summed E-state index contributed by atoms with van der Waals surface area (Å²) in [5.74, 6) is 1.15. The van der Waals surface area contributed by atoms with E-state index in [0.717, 1.165) is 57.1 Å². The second kappa shape index (κ2) is 10.0. The first kappa shape index (κ1) is 19.3. The molecule has 0 aromatic carbocycles. The van der Waals surface area contributed by atoms with E-state index >= 15 is 0 Å². The lowest BCUT2D eigenvalue weighted by Gasteiger charge is -2.25. The van der Waals surface area contributed by atoms with Gasteiger partial charge in [-0.15, -0.1) is 0 Å². The number of hydrogen-bond acceptors (Lipinski definition) is 3. The van der Waals surface area contributed by atoms with Gasteiger partial charge in [0.15, 0.2) is 0 Å². The van der Waals surface area contributed by atoms with E-state index in [2.05, 4.69) is 25.7 Å². The van der Waals surface area contributed by atoms with Gasteiger partial charge < -0.3 is 14.9 Å². The van der Waals surface area contributed by atoms with Crippen molar-refractivity contribution in [2.75, 3.05) is 0 Å². The highest BCUT2D eigenvalue weighted by molar-refractivity contribution is 5.08. The van der Waals surface area contributed by atoms with Crippen LogP contribution in [0.15, 0.2) is 36.6 Å². The third-order valence-corrected chi connectivity index (χ3v) is 5.27. The SMILES string of the molecule is C=C1CCC/C=C\C[C@@H]2[C@@H](/C=C/C(O)CCCCC)[C@H](O)C[C@@H]2O1. The standard InChI is InChI=1S/C21H34O3/c1-3-4-7-11-17(22)13-14-18-19-12-9-6-5-8-10-16(2)24-21(19)15-20(18)23/h6,9,13-14,17-23H,2-5,7-8,10-12,15H2,1H3/b9-6-,14-13+/t17?,18-,19-,20-,21+/m1/s1. The number of fused-ring (bicyclic) bond motifs is 1. The van der Waals surface area contributed by atoms with Crippen LogP contribution in [0.5, 0.6) is 0 Å². The zero-order chi connectivity index (χ0) is 17.4. The molecular formula is C21H34O3. The fourth-order valence-electron chi connectivity index (χ4n) is 3.84. The highest BCUT2D eigenvalue weighted by Crippen LogP contribution is 2.39. The van der Waals surface area contributed by atoms with Gasteiger partial charge in [-0.25, -0.2) is 0 Å². The molecule has 1 fully saturated rings. The zero-order valence-corrected chi connectivity index (χ0v) is 15.1. The van der Waals surface area contributed by atoms with E-state index in [0.29, 0.717) is 6.42 Å². The summed E-state index contributed by atoms with van der Waals surface area (Å²) in [7, 11) is 0. The summed E-state index contributed by atoms with van der Waals surface area (Å²) in [6.07, 6.45) is 16.3. The smallest absolute Gasteiger partial charge is 0.104 e. The van der Waals surface area contributed by atoms with Crippen molar-refractivity contribution < 1.29 is 14.9 Å². The molecule has 2 aliphatic rings. The van der Waals surface area contributed by atoms with Crippen LogP contribution in [0.25, 0.3) is 0 Å². The molecule has 1 saturated carbocycles. The molecule has 136 valence electrons. The molecule has 0 aromatic heterocycles. The van der Waals surface area contributed by atoms with Crippen molar-refractivity contribution in [1.82, 2.24) is 0 Å². The van der Waals surface area contributed by atoms with E-state index in [1.165, 1.54) is 0 Å². The largest absolute Gasteiger partial charge is 0.495 e. The van der Waals surface area contributed by atoms with Crippen molar-refractivity contribution in [2.45, 2.75) is 83.0 Å². The van der Waals surface area contributed by atoms with E-state index < -0.39 is 12.2 Å². The van der Waals surface area contributed by atoms with Gasteiger partial charge in [-0.1, -0.05) is 57.1 Å². The molecule has 0 saturated heterocycles. The van der Waals surface area contributed by atoms with Crippen molar-refractivity contribution in [3.63, 3.8) is 0 Å². The van der Waals surface area contributed by atoms with Crippen LogP contribution in [-0.2, 0) is 4.74 Å². The van der Waals surface area contributed by atoms with E-state index in [1.54, 1.807) is 0 Å². The van der Waals surface area contributed by atoms with E-state index in [9.17, 15) is 10.2 Å². The van der Waals surface area contributed by atoms with Gasteiger partial charge in [0, 0.05) is 24.7 Å². The maximum absolute atomic E-state index is 10.5. The second-order valence-corrected chi connectivity index (χ2v) is 7.29. The topological polar surface area (TPSA) is 49.7 Å². The van der Waals surface area contributed by atoms with Crippen molar-refractivity contribution in [1.29, 1.82) is 0 Å². The summed E-state index contributed by atoms with van der Waals surface area (Å²) in [6.45, 7) is 6.19. The summed E-state index contributed by atoms with van der Waals surface area (Å²) in [5.41, 5.74) is 0. The third-order valence-electron chi connectivity index (χ3n) is 5.27. The number of aliphatic hydroxyl groups excluding tert-OH is 2. The first-order valence-corrected chi connectivity index (χ1v) is 9.65. The number of aliphatic hydroxyl groups is 2. The Bertz CT molecular complexity index is 440. The minimum absolute atomic E-state index is 0.0298. The molecule has 3 nitrogen and oxygen atoms in total. The lowest BCUT2D eigenvalue weighted by atomic mass is 9.89. The molecule has 2 N–H and O–H groups in total. The zero-order valence-electron chi connectivity index (χ0n) is 15.1. The molecule has 5 atom stereocenters. The Morgan fingerprint density at radius 2 is 2.21 bits per heavy atom. The monoisotopic (exact) mass is 334 g/mol. The van der Waals surface area contributed by atoms with Gasteiger partial charge in [-0.2, -0.15) is 0 Å². The van der Waals surface area contributed by atoms with Gasteiger partial charge in [-0.05, 0) is 25.7 Å². The van der Waals surface area contributed by atoms with Crippen LogP contribution >= 0.6 is 0 Å². The van der Waals surface area contributed by atoms with Gasteiger partial charge in [0.05, 0.1) is 18.0 Å². The summed E-state index contributed by atoms with van der Waals surface area (Å²) in [5, 5.41) is 20.6. The molecule has 1 heterocycles. The molecule has 1 unspecified atom stereocenters. The molecule has 0 radical (unpaired) electrons. The van der Waals surface area contributed by atoms with Crippen LogP contribution in [0.2, 0.25) is 0 Å². The normalized spacial score (nSPS) is 33.9. The first-order valence-electron chi connectivity index (χ1n) is 9.65. The lowest BCUT2D eigenvalue weighted by molar-refractivity contribution is 0.0698.